The van der Waals surface area contributed by atoms with Crippen molar-refractivity contribution in [1.29, 1.82) is 0 Å². The summed E-state index contributed by atoms with van der Waals surface area (Å²) in [6.45, 7) is 12.8. The number of ether oxygens (including phenoxy) is 2. The van der Waals surface area contributed by atoms with Crippen molar-refractivity contribution in [3.63, 3.8) is 0 Å². The molecule has 0 saturated heterocycles. The Bertz CT molecular complexity index is 317. The molecule has 0 spiro atoms. The van der Waals surface area contributed by atoms with Crippen molar-refractivity contribution < 1.29 is 19.1 Å². The first-order valence-corrected chi connectivity index (χ1v) is 9.22. The van der Waals surface area contributed by atoms with E-state index < -0.39 is 17.4 Å². The first-order valence-electron chi connectivity index (χ1n) is 9.22. The third kappa shape index (κ3) is 6.92. The fraction of sp³-hybridized carbons (Fsp3) is 0.895. The number of rotatable bonds is 12. The van der Waals surface area contributed by atoms with Gasteiger partial charge in [-0.2, -0.15) is 0 Å². The van der Waals surface area contributed by atoms with Crippen LogP contribution in [-0.4, -0.2) is 25.2 Å². The molecule has 0 amide bonds. The van der Waals surface area contributed by atoms with Gasteiger partial charge in [0.25, 0.3) is 0 Å². The molecular formula is C19H36O4. The van der Waals surface area contributed by atoms with Crippen molar-refractivity contribution in [2.75, 3.05) is 13.2 Å². The summed E-state index contributed by atoms with van der Waals surface area (Å²) in [7, 11) is 0. The van der Waals surface area contributed by atoms with Crippen LogP contribution in [-0.2, 0) is 19.1 Å². The first-order chi connectivity index (χ1) is 10.9. The summed E-state index contributed by atoms with van der Waals surface area (Å²) in [6.07, 6.45) is 4.96. The number of hydrogen-bond acceptors (Lipinski definition) is 4. The highest BCUT2D eigenvalue weighted by molar-refractivity contribution is 6.00. The predicted octanol–water partition coefficient (Wildman–Crippen LogP) is 4.75. The molecule has 0 aliphatic heterocycles. The summed E-state index contributed by atoms with van der Waals surface area (Å²) in [5.74, 6) is -0.232. The van der Waals surface area contributed by atoms with Gasteiger partial charge < -0.3 is 9.47 Å². The average molecular weight is 328 g/mol. The zero-order valence-electron chi connectivity index (χ0n) is 15.9. The summed E-state index contributed by atoms with van der Waals surface area (Å²) in [6, 6.07) is 0. The number of carbonyl (C=O) groups is 2. The van der Waals surface area contributed by atoms with Crippen LogP contribution in [0.3, 0.4) is 0 Å². The Kier molecular flexibility index (Phi) is 10.9. The molecule has 4 heteroatoms. The zero-order chi connectivity index (χ0) is 17.9. The van der Waals surface area contributed by atoms with Gasteiger partial charge in [-0.3, -0.25) is 9.59 Å². The minimum atomic E-state index is -1.15. The molecule has 0 aliphatic carbocycles. The normalized spacial score (nSPS) is 14.2. The summed E-state index contributed by atoms with van der Waals surface area (Å²) < 4.78 is 10.9. The Morgan fingerprint density at radius 1 is 0.783 bits per heavy atom. The molecule has 0 aromatic heterocycles. The highest BCUT2D eigenvalue weighted by Crippen LogP contribution is 2.31. The van der Waals surface area contributed by atoms with E-state index in [1.807, 2.05) is 13.8 Å². The molecule has 2 unspecified atom stereocenters. The maximum absolute atomic E-state index is 12.5. The quantitative estimate of drug-likeness (QED) is 0.383. The minimum absolute atomic E-state index is 0.316. The van der Waals surface area contributed by atoms with Gasteiger partial charge in [0, 0.05) is 0 Å². The summed E-state index contributed by atoms with van der Waals surface area (Å²) in [5.41, 5.74) is -1.15. The lowest BCUT2D eigenvalue weighted by atomic mass is 9.82. The number of esters is 2. The van der Waals surface area contributed by atoms with Crippen LogP contribution in [0.15, 0.2) is 0 Å². The van der Waals surface area contributed by atoms with Gasteiger partial charge >= 0.3 is 11.9 Å². The first kappa shape index (κ1) is 21.9. The lowest BCUT2D eigenvalue weighted by Gasteiger charge is -2.28. The van der Waals surface area contributed by atoms with Crippen LogP contribution in [0.1, 0.15) is 80.1 Å². The van der Waals surface area contributed by atoms with E-state index in [1.54, 1.807) is 0 Å². The van der Waals surface area contributed by atoms with Gasteiger partial charge in [0.2, 0.25) is 0 Å². The van der Waals surface area contributed by atoms with Crippen molar-refractivity contribution in [3.05, 3.63) is 0 Å². The summed E-state index contributed by atoms with van der Waals surface area (Å²) in [5, 5.41) is 0. The zero-order valence-corrected chi connectivity index (χ0v) is 15.9. The molecule has 23 heavy (non-hydrogen) atoms. The molecule has 0 N–H and O–H groups in total. The van der Waals surface area contributed by atoms with Crippen LogP contribution in [0, 0.1) is 17.3 Å². The van der Waals surface area contributed by atoms with Crippen LogP contribution < -0.4 is 0 Å². The molecule has 0 aliphatic rings. The predicted molar refractivity (Wildman–Crippen MR) is 93.1 cm³/mol. The van der Waals surface area contributed by atoms with E-state index >= 15 is 0 Å². The summed E-state index contributed by atoms with van der Waals surface area (Å²) in [4.78, 5) is 25.0. The Balaban J connectivity index is 4.75. The lowest BCUT2D eigenvalue weighted by Crippen LogP contribution is -2.42. The highest BCUT2D eigenvalue weighted by Gasteiger charge is 2.46. The topological polar surface area (TPSA) is 52.6 Å². The fourth-order valence-corrected chi connectivity index (χ4v) is 2.78. The van der Waals surface area contributed by atoms with E-state index in [0.717, 1.165) is 25.7 Å². The van der Waals surface area contributed by atoms with E-state index in [4.69, 9.17) is 9.47 Å². The molecule has 0 rings (SSSR count). The third-order valence-electron chi connectivity index (χ3n) is 4.55. The van der Waals surface area contributed by atoms with Crippen LogP contribution in [0.4, 0.5) is 0 Å². The maximum atomic E-state index is 12.5. The maximum Gasteiger partial charge on any atom is 0.323 e. The average Bonchev–Trinajstić information content (AvgIpc) is 2.53. The van der Waals surface area contributed by atoms with Crippen LogP contribution in [0.25, 0.3) is 0 Å². The van der Waals surface area contributed by atoms with E-state index in [-0.39, 0.29) is 0 Å². The van der Waals surface area contributed by atoms with Gasteiger partial charge in [-0.05, 0) is 37.5 Å². The molecule has 0 aromatic rings. The molecule has 0 heterocycles. The van der Waals surface area contributed by atoms with Crippen molar-refractivity contribution in [2.24, 2.45) is 17.3 Å². The van der Waals surface area contributed by atoms with Gasteiger partial charge in [-0.15, -0.1) is 0 Å². The molecule has 0 saturated carbocycles. The van der Waals surface area contributed by atoms with Crippen LogP contribution in [0.5, 0.6) is 0 Å². The smallest absolute Gasteiger partial charge is 0.323 e. The summed E-state index contributed by atoms with van der Waals surface area (Å²) >= 11 is 0. The Morgan fingerprint density at radius 3 is 1.39 bits per heavy atom. The van der Waals surface area contributed by atoms with E-state index in [9.17, 15) is 9.59 Å². The number of carbonyl (C=O) groups excluding carboxylic acids is 2. The Hall–Kier alpha value is -1.06. The molecule has 4 nitrogen and oxygen atoms in total. The second-order valence-corrected chi connectivity index (χ2v) is 6.77. The van der Waals surface area contributed by atoms with Crippen molar-refractivity contribution in [1.82, 2.24) is 0 Å². The molecule has 0 radical (unpaired) electrons. The standard InChI is InChI=1S/C19H36O4/c1-7-11-15(5)13-22-17(20)19(9-3,10-4)18(21)23-14-16(6)12-8-2/h15-16H,7-14H2,1-6H3. The highest BCUT2D eigenvalue weighted by atomic mass is 16.6. The van der Waals surface area contributed by atoms with Gasteiger partial charge in [-0.1, -0.05) is 54.4 Å². The molecule has 0 bridgehead atoms. The molecule has 136 valence electrons. The second-order valence-electron chi connectivity index (χ2n) is 6.77. The lowest BCUT2D eigenvalue weighted by molar-refractivity contribution is -0.174. The Labute approximate surface area is 142 Å². The van der Waals surface area contributed by atoms with E-state index in [0.29, 0.717) is 37.9 Å². The largest absolute Gasteiger partial charge is 0.465 e. The Morgan fingerprint density at radius 2 is 1.13 bits per heavy atom. The van der Waals surface area contributed by atoms with Crippen molar-refractivity contribution in [2.45, 2.75) is 80.1 Å². The van der Waals surface area contributed by atoms with Crippen molar-refractivity contribution >= 4 is 11.9 Å². The number of hydrogen-bond donors (Lipinski definition) is 0. The molecule has 0 fully saturated rings. The van der Waals surface area contributed by atoms with Gasteiger partial charge in [0.15, 0.2) is 5.41 Å². The van der Waals surface area contributed by atoms with Crippen molar-refractivity contribution in [3.8, 4) is 0 Å². The van der Waals surface area contributed by atoms with Crippen LogP contribution >= 0.6 is 0 Å². The molecule has 0 aromatic carbocycles. The van der Waals surface area contributed by atoms with E-state index in [1.165, 1.54) is 0 Å². The fourth-order valence-electron chi connectivity index (χ4n) is 2.78. The SMILES string of the molecule is CCCC(C)COC(=O)C(CC)(CC)C(=O)OCC(C)CCC. The van der Waals surface area contributed by atoms with Gasteiger partial charge in [0.1, 0.15) is 0 Å². The van der Waals surface area contributed by atoms with Crippen LogP contribution in [0.2, 0.25) is 0 Å². The van der Waals surface area contributed by atoms with Gasteiger partial charge in [-0.25, -0.2) is 0 Å². The minimum Gasteiger partial charge on any atom is -0.465 e. The molecule has 2 atom stereocenters. The van der Waals surface area contributed by atoms with E-state index in [2.05, 4.69) is 27.7 Å². The monoisotopic (exact) mass is 328 g/mol. The third-order valence-corrected chi connectivity index (χ3v) is 4.55. The van der Waals surface area contributed by atoms with Gasteiger partial charge in [0.05, 0.1) is 13.2 Å². The molecular weight excluding hydrogens is 292 g/mol. The second kappa shape index (κ2) is 11.5.